The number of ether oxygens (including phenoxy) is 2. The molecular weight excluding hydrogens is 355 g/mol. The van der Waals surface area contributed by atoms with Crippen LogP contribution in [-0.4, -0.2) is 11.2 Å². The van der Waals surface area contributed by atoms with Crippen molar-refractivity contribution >= 4 is 7.80 Å². The van der Waals surface area contributed by atoms with Crippen molar-refractivity contribution in [3.8, 4) is 22.6 Å². The summed E-state index contributed by atoms with van der Waals surface area (Å²) in [5.41, 5.74) is 2.05. The highest BCUT2D eigenvalue weighted by Gasteiger charge is 2.47. The third-order valence-electron chi connectivity index (χ3n) is 4.24. The van der Waals surface area contributed by atoms with Gasteiger partial charge in [0.15, 0.2) is 0 Å². The quantitative estimate of drug-likeness (QED) is 0.427. The first kappa shape index (κ1) is 19.1. The molecule has 0 amide bonds. The third-order valence-corrected chi connectivity index (χ3v) is 6.16. The molecule has 0 saturated heterocycles. The first-order valence-corrected chi connectivity index (χ1v) is 10.3. The Morgan fingerprint density at radius 3 is 2.04 bits per heavy atom. The maximum atomic E-state index is 13.1. The predicted molar refractivity (Wildman–Crippen MR) is 111 cm³/mol. The van der Waals surface area contributed by atoms with Crippen LogP contribution in [0.15, 0.2) is 84.9 Å². The summed E-state index contributed by atoms with van der Waals surface area (Å²) in [6, 6.07) is 27.3. The van der Waals surface area contributed by atoms with E-state index >= 15 is 0 Å². The number of para-hydroxylation sites is 2. The molecule has 0 saturated carbocycles. The fraction of sp³-hybridized carbons (Fsp3) is 0.217. The molecule has 0 aliphatic rings. The number of hydrogen-bond acceptors (Lipinski definition) is 3. The van der Waals surface area contributed by atoms with E-state index in [-0.39, 0.29) is 0 Å². The Hall–Kier alpha value is -2.64. The molecule has 0 N–H and O–H groups in total. The summed E-state index contributed by atoms with van der Waals surface area (Å²) in [6.07, 6.45) is 0. The van der Waals surface area contributed by atoms with Gasteiger partial charge in [0, 0.05) is 26.3 Å². The van der Waals surface area contributed by atoms with Crippen LogP contribution in [-0.2, 0) is 4.57 Å². The van der Waals surface area contributed by atoms with Crippen molar-refractivity contribution in [3.63, 3.8) is 0 Å². The van der Waals surface area contributed by atoms with E-state index < -0.39 is 19.0 Å². The Morgan fingerprint density at radius 2 is 1.37 bits per heavy atom. The standard InChI is InChI=1S/C23H24O3P/c1-18(27(24)23(2,3)26-20-14-8-5-9-15-20)25-22-17-11-10-16-21(22)19-12-6-4-7-13-19/h4-18H,1-3H3/q+1. The minimum absolute atomic E-state index is 0.497. The van der Waals surface area contributed by atoms with Crippen LogP contribution in [0.4, 0.5) is 0 Å². The van der Waals surface area contributed by atoms with Crippen LogP contribution in [0.2, 0.25) is 0 Å². The van der Waals surface area contributed by atoms with E-state index in [1.54, 1.807) is 0 Å². The summed E-state index contributed by atoms with van der Waals surface area (Å²) in [5.74, 6) is 0.918. The Balaban J connectivity index is 1.77. The van der Waals surface area contributed by atoms with Crippen LogP contribution in [0.25, 0.3) is 11.1 Å². The lowest BCUT2D eigenvalue weighted by molar-refractivity contribution is 0.183. The monoisotopic (exact) mass is 379 g/mol. The van der Waals surface area contributed by atoms with E-state index in [1.165, 1.54) is 0 Å². The second kappa shape index (κ2) is 8.37. The average molecular weight is 379 g/mol. The molecule has 3 nitrogen and oxygen atoms in total. The fourth-order valence-corrected chi connectivity index (χ4v) is 4.20. The van der Waals surface area contributed by atoms with Gasteiger partial charge in [-0.1, -0.05) is 71.3 Å². The molecule has 138 valence electrons. The van der Waals surface area contributed by atoms with Gasteiger partial charge in [-0.15, -0.1) is 0 Å². The number of rotatable bonds is 7. The van der Waals surface area contributed by atoms with Crippen LogP contribution in [0.3, 0.4) is 0 Å². The van der Waals surface area contributed by atoms with Gasteiger partial charge in [0.2, 0.25) is 0 Å². The molecule has 0 spiro atoms. The van der Waals surface area contributed by atoms with E-state index in [1.807, 2.05) is 106 Å². The molecule has 0 radical (unpaired) electrons. The van der Waals surface area contributed by atoms with Gasteiger partial charge in [-0.2, -0.15) is 0 Å². The maximum Gasteiger partial charge on any atom is 0.429 e. The molecular formula is C23H24O3P+. The second-order valence-corrected chi connectivity index (χ2v) is 9.22. The lowest BCUT2D eigenvalue weighted by atomic mass is 10.1. The summed E-state index contributed by atoms with van der Waals surface area (Å²) in [4.78, 5) is 0. The van der Waals surface area contributed by atoms with E-state index in [9.17, 15) is 4.57 Å². The number of hydrogen-bond donors (Lipinski definition) is 0. The highest BCUT2D eigenvalue weighted by Crippen LogP contribution is 2.45. The zero-order valence-corrected chi connectivity index (χ0v) is 16.7. The van der Waals surface area contributed by atoms with Gasteiger partial charge in [0.05, 0.1) is 0 Å². The molecule has 0 aromatic heterocycles. The second-order valence-electron chi connectivity index (χ2n) is 6.77. The largest absolute Gasteiger partial charge is 0.446 e. The SMILES string of the molecule is CC(Oc1ccccc1-c1ccccc1)[P+](=O)C(C)(C)Oc1ccccc1. The van der Waals surface area contributed by atoms with Gasteiger partial charge in [0.1, 0.15) is 11.5 Å². The molecule has 0 fully saturated rings. The van der Waals surface area contributed by atoms with E-state index in [4.69, 9.17) is 9.47 Å². The van der Waals surface area contributed by atoms with Crippen LogP contribution >= 0.6 is 7.80 Å². The first-order valence-electron chi connectivity index (χ1n) is 8.99. The zero-order chi connectivity index (χ0) is 19.3. The molecule has 0 aliphatic carbocycles. The summed E-state index contributed by atoms with van der Waals surface area (Å²) in [5, 5.41) is -0.849. The van der Waals surface area contributed by atoms with Gasteiger partial charge >= 0.3 is 7.80 Å². The highest BCUT2D eigenvalue weighted by molar-refractivity contribution is 7.46. The van der Waals surface area contributed by atoms with Gasteiger partial charge in [-0.25, -0.2) is 0 Å². The maximum absolute atomic E-state index is 13.1. The van der Waals surface area contributed by atoms with Crippen molar-refractivity contribution in [3.05, 3.63) is 84.9 Å². The molecule has 0 heterocycles. The lowest BCUT2D eigenvalue weighted by Gasteiger charge is -2.20. The van der Waals surface area contributed by atoms with Crippen LogP contribution in [0.1, 0.15) is 20.8 Å². The van der Waals surface area contributed by atoms with Crippen molar-refractivity contribution < 1.29 is 14.0 Å². The van der Waals surface area contributed by atoms with Gasteiger partial charge in [-0.3, -0.25) is 0 Å². The molecule has 0 aliphatic heterocycles. The van der Waals surface area contributed by atoms with Crippen molar-refractivity contribution in [1.82, 2.24) is 0 Å². The van der Waals surface area contributed by atoms with Crippen molar-refractivity contribution in [2.24, 2.45) is 0 Å². The zero-order valence-electron chi connectivity index (χ0n) is 15.8. The first-order chi connectivity index (χ1) is 13.0. The predicted octanol–water partition coefficient (Wildman–Crippen LogP) is 6.72. The van der Waals surface area contributed by atoms with Gasteiger partial charge < -0.3 is 9.47 Å². The fourth-order valence-electron chi connectivity index (χ4n) is 2.92. The minimum Gasteiger partial charge on any atom is -0.446 e. The highest BCUT2D eigenvalue weighted by atomic mass is 31.1. The summed E-state index contributed by atoms with van der Waals surface area (Å²) in [7, 11) is -1.81. The summed E-state index contributed by atoms with van der Waals surface area (Å²) in [6.45, 7) is 5.50. The molecule has 27 heavy (non-hydrogen) atoms. The third kappa shape index (κ3) is 4.75. The van der Waals surface area contributed by atoms with E-state index in [2.05, 4.69) is 0 Å². The summed E-state index contributed by atoms with van der Waals surface area (Å²) >= 11 is 0. The van der Waals surface area contributed by atoms with Crippen molar-refractivity contribution in [1.29, 1.82) is 0 Å². The molecule has 2 atom stereocenters. The van der Waals surface area contributed by atoms with Crippen LogP contribution in [0.5, 0.6) is 11.5 Å². The smallest absolute Gasteiger partial charge is 0.429 e. The Labute approximate surface area is 161 Å². The van der Waals surface area contributed by atoms with Gasteiger partial charge in [-0.05, 0) is 23.8 Å². The molecule has 3 aromatic carbocycles. The number of benzene rings is 3. The molecule has 3 rings (SSSR count). The molecule has 4 heteroatoms. The topological polar surface area (TPSA) is 35.5 Å². The Kier molecular flexibility index (Phi) is 5.93. The lowest BCUT2D eigenvalue weighted by Crippen LogP contribution is -2.28. The Morgan fingerprint density at radius 1 is 0.815 bits per heavy atom. The van der Waals surface area contributed by atoms with Gasteiger partial charge in [0.25, 0.3) is 11.2 Å². The molecule has 2 unspecified atom stereocenters. The van der Waals surface area contributed by atoms with Crippen molar-refractivity contribution in [2.75, 3.05) is 0 Å². The van der Waals surface area contributed by atoms with E-state index in [0.717, 1.165) is 16.9 Å². The summed E-state index contributed by atoms with van der Waals surface area (Å²) < 4.78 is 25.2. The van der Waals surface area contributed by atoms with E-state index in [0.29, 0.717) is 5.75 Å². The van der Waals surface area contributed by atoms with Crippen LogP contribution in [0, 0.1) is 0 Å². The minimum atomic E-state index is -1.81. The van der Waals surface area contributed by atoms with Crippen LogP contribution < -0.4 is 9.47 Å². The average Bonchev–Trinajstić information content (AvgIpc) is 2.69. The Bertz CT molecular complexity index is 892. The normalized spacial score (nSPS) is 12.9. The molecule has 0 bridgehead atoms. The molecule has 3 aromatic rings. The van der Waals surface area contributed by atoms with Crippen molar-refractivity contribution in [2.45, 2.75) is 32.0 Å².